The van der Waals surface area contributed by atoms with E-state index in [1.807, 2.05) is 0 Å². The summed E-state index contributed by atoms with van der Waals surface area (Å²) < 4.78 is 32.4. The highest BCUT2D eigenvalue weighted by molar-refractivity contribution is 7.89. The van der Waals surface area contributed by atoms with Crippen molar-refractivity contribution in [2.75, 3.05) is 19.8 Å². The average molecular weight is 327 g/mol. The molecule has 0 aromatic heterocycles. The summed E-state index contributed by atoms with van der Waals surface area (Å²) in [4.78, 5) is 0.260. The number of aliphatic hydroxyl groups excluding tert-OH is 1. The van der Waals surface area contributed by atoms with Crippen LogP contribution in [0, 0.1) is 0 Å². The topological polar surface area (TPSA) is 66.8 Å². The van der Waals surface area contributed by atoms with E-state index in [2.05, 4.69) is 6.92 Å². The predicted molar refractivity (Wildman–Crippen MR) is 85.5 cm³/mol. The summed E-state index contributed by atoms with van der Waals surface area (Å²) in [6.07, 6.45) is 4.55. The summed E-state index contributed by atoms with van der Waals surface area (Å²) >= 11 is 0. The van der Waals surface area contributed by atoms with Gasteiger partial charge in [-0.1, -0.05) is 19.8 Å². The maximum Gasteiger partial charge on any atom is 0.243 e. The van der Waals surface area contributed by atoms with E-state index in [0.717, 1.165) is 25.7 Å². The van der Waals surface area contributed by atoms with Gasteiger partial charge in [0.2, 0.25) is 10.0 Å². The molecular weight excluding hydrogens is 302 g/mol. The number of hydrogen-bond acceptors (Lipinski definition) is 4. The average Bonchev–Trinajstić information content (AvgIpc) is 2.55. The highest BCUT2D eigenvalue weighted by atomic mass is 32.2. The Kier molecular flexibility index (Phi) is 6.23. The zero-order valence-electron chi connectivity index (χ0n) is 13.1. The minimum absolute atomic E-state index is 0.128. The van der Waals surface area contributed by atoms with E-state index in [1.165, 1.54) is 4.31 Å². The van der Waals surface area contributed by atoms with Gasteiger partial charge in [0.25, 0.3) is 0 Å². The molecular formula is C16H25NO4S. The molecule has 1 N–H and O–H groups in total. The molecule has 0 amide bonds. The van der Waals surface area contributed by atoms with Crippen LogP contribution in [0.3, 0.4) is 0 Å². The molecule has 0 bridgehead atoms. The predicted octanol–water partition coefficient (Wildman–Crippen LogP) is 2.40. The maximum atomic E-state index is 12.7. The molecule has 1 heterocycles. The molecule has 1 aliphatic rings. The Bertz CT molecular complexity index is 556. The van der Waals surface area contributed by atoms with Gasteiger partial charge in [-0.25, -0.2) is 8.42 Å². The fraction of sp³-hybridized carbons (Fsp3) is 0.625. The number of hydrogen-bond donors (Lipinski definition) is 1. The number of piperidine rings is 1. The second-order valence-electron chi connectivity index (χ2n) is 5.62. The van der Waals surface area contributed by atoms with Gasteiger partial charge in [-0.2, -0.15) is 4.31 Å². The third kappa shape index (κ3) is 4.00. The number of sulfonamides is 1. The van der Waals surface area contributed by atoms with Gasteiger partial charge in [-0.3, -0.25) is 0 Å². The van der Waals surface area contributed by atoms with Crippen LogP contribution in [0.4, 0.5) is 0 Å². The number of unbranched alkanes of at least 4 members (excludes halogenated alkanes) is 1. The van der Waals surface area contributed by atoms with E-state index < -0.39 is 10.0 Å². The van der Waals surface area contributed by atoms with Crippen molar-refractivity contribution in [3.05, 3.63) is 24.3 Å². The first-order valence-corrected chi connectivity index (χ1v) is 9.39. The lowest BCUT2D eigenvalue weighted by molar-refractivity contribution is 0.155. The Morgan fingerprint density at radius 3 is 2.64 bits per heavy atom. The third-order valence-corrected chi connectivity index (χ3v) is 5.95. The molecule has 1 aromatic rings. The molecule has 1 unspecified atom stereocenters. The Hall–Kier alpha value is -1.11. The van der Waals surface area contributed by atoms with E-state index in [9.17, 15) is 13.5 Å². The molecule has 1 aliphatic heterocycles. The molecule has 2 rings (SSSR count). The molecule has 6 heteroatoms. The Balaban J connectivity index is 2.11. The van der Waals surface area contributed by atoms with E-state index in [1.54, 1.807) is 24.3 Å². The van der Waals surface area contributed by atoms with E-state index >= 15 is 0 Å². The Morgan fingerprint density at radius 1 is 1.27 bits per heavy atom. The van der Waals surface area contributed by atoms with Crippen molar-refractivity contribution in [3.63, 3.8) is 0 Å². The van der Waals surface area contributed by atoms with Gasteiger partial charge < -0.3 is 9.84 Å². The summed E-state index contributed by atoms with van der Waals surface area (Å²) in [6.45, 7) is 3.08. The molecule has 5 nitrogen and oxygen atoms in total. The Labute approximate surface area is 133 Å². The summed E-state index contributed by atoms with van der Waals surface area (Å²) in [5, 5.41) is 9.41. The van der Waals surface area contributed by atoms with Crippen LogP contribution in [0.15, 0.2) is 29.2 Å². The lowest BCUT2D eigenvalue weighted by atomic mass is 10.1. The maximum absolute atomic E-state index is 12.7. The molecule has 1 fully saturated rings. The highest BCUT2D eigenvalue weighted by Gasteiger charge is 2.32. The smallest absolute Gasteiger partial charge is 0.243 e. The van der Waals surface area contributed by atoms with Crippen molar-refractivity contribution >= 4 is 10.0 Å². The largest absolute Gasteiger partial charge is 0.494 e. The standard InChI is InChI=1S/C16H25NO4S/c1-2-3-12-21-15-7-9-16(10-8-15)22(19,20)17-11-5-4-6-14(17)13-18/h7-10,14,18H,2-6,11-13H2,1H3. The fourth-order valence-electron chi connectivity index (χ4n) is 2.65. The van der Waals surface area contributed by atoms with Crippen molar-refractivity contribution in [2.24, 2.45) is 0 Å². The van der Waals surface area contributed by atoms with Crippen LogP contribution in [0.25, 0.3) is 0 Å². The molecule has 0 spiro atoms. The number of ether oxygens (including phenoxy) is 1. The van der Waals surface area contributed by atoms with Crippen LogP contribution >= 0.6 is 0 Å². The molecule has 0 saturated carbocycles. The molecule has 1 saturated heterocycles. The Morgan fingerprint density at radius 2 is 2.00 bits per heavy atom. The summed E-state index contributed by atoms with van der Waals surface area (Å²) in [5.41, 5.74) is 0. The van der Waals surface area contributed by atoms with Crippen molar-refractivity contribution in [1.82, 2.24) is 4.31 Å². The second kappa shape index (κ2) is 7.94. The normalized spacial score (nSPS) is 20.0. The lowest BCUT2D eigenvalue weighted by Crippen LogP contribution is -2.45. The summed E-state index contributed by atoms with van der Waals surface area (Å²) in [5.74, 6) is 0.685. The zero-order chi connectivity index (χ0) is 16.0. The summed E-state index contributed by atoms with van der Waals surface area (Å²) in [6, 6.07) is 6.25. The first-order valence-electron chi connectivity index (χ1n) is 7.95. The van der Waals surface area contributed by atoms with Crippen LogP contribution < -0.4 is 4.74 Å². The summed E-state index contributed by atoms with van der Waals surface area (Å²) in [7, 11) is -3.55. The van der Waals surface area contributed by atoms with Gasteiger partial charge in [0.05, 0.1) is 18.1 Å². The van der Waals surface area contributed by atoms with Crippen molar-refractivity contribution in [2.45, 2.75) is 50.0 Å². The van der Waals surface area contributed by atoms with Gasteiger partial charge in [0.1, 0.15) is 5.75 Å². The number of benzene rings is 1. The van der Waals surface area contributed by atoms with Crippen molar-refractivity contribution in [3.8, 4) is 5.75 Å². The van der Waals surface area contributed by atoms with Crippen LogP contribution in [-0.2, 0) is 10.0 Å². The number of rotatable bonds is 7. The van der Waals surface area contributed by atoms with Gasteiger partial charge in [0.15, 0.2) is 0 Å². The molecule has 0 radical (unpaired) electrons. The molecule has 1 aromatic carbocycles. The van der Waals surface area contributed by atoms with Crippen LogP contribution in [-0.4, -0.2) is 43.6 Å². The fourth-order valence-corrected chi connectivity index (χ4v) is 4.34. The molecule has 22 heavy (non-hydrogen) atoms. The van der Waals surface area contributed by atoms with E-state index in [0.29, 0.717) is 25.3 Å². The number of aliphatic hydroxyl groups is 1. The zero-order valence-corrected chi connectivity index (χ0v) is 13.9. The first kappa shape index (κ1) is 17.2. The minimum Gasteiger partial charge on any atom is -0.494 e. The molecule has 1 atom stereocenters. The minimum atomic E-state index is -3.55. The van der Waals surface area contributed by atoms with Gasteiger partial charge in [-0.05, 0) is 43.5 Å². The molecule has 124 valence electrons. The third-order valence-electron chi connectivity index (χ3n) is 3.98. The monoisotopic (exact) mass is 327 g/mol. The second-order valence-corrected chi connectivity index (χ2v) is 7.51. The quantitative estimate of drug-likeness (QED) is 0.781. The SMILES string of the molecule is CCCCOc1ccc(S(=O)(=O)N2CCCCC2CO)cc1. The van der Waals surface area contributed by atoms with Crippen molar-refractivity contribution in [1.29, 1.82) is 0 Å². The van der Waals surface area contributed by atoms with E-state index in [4.69, 9.17) is 4.74 Å². The van der Waals surface area contributed by atoms with Crippen LogP contribution in [0.2, 0.25) is 0 Å². The first-order chi connectivity index (χ1) is 10.6. The van der Waals surface area contributed by atoms with Gasteiger partial charge in [-0.15, -0.1) is 0 Å². The van der Waals surface area contributed by atoms with E-state index in [-0.39, 0.29) is 17.5 Å². The van der Waals surface area contributed by atoms with Gasteiger partial charge in [0, 0.05) is 12.6 Å². The van der Waals surface area contributed by atoms with Crippen LogP contribution in [0.1, 0.15) is 39.0 Å². The molecule has 0 aliphatic carbocycles. The van der Waals surface area contributed by atoms with Crippen molar-refractivity contribution < 1.29 is 18.3 Å². The van der Waals surface area contributed by atoms with Crippen LogP contribution in [0.5, 0.6) is 5.75 Å². The van der Waals surface area contributed by atoms with Gasteiger partial charge >= 0.3 is 0 Å². The number of nitrogens with zero attached hydrogens (tertiary/aromatic N) is 1. The highest BCUT2D eigenvalue weighted by Crippen LogP contribution is 2.26. The lowest BCUT2D eigenvalue weighted by Gasteiger charge is -2.33.